The molecule has 104 valence electrons. The van der Waals surface area contributed by atoms with Crippen molar-refractivity contribution in [3.8, 4) is 0 Å². The molecule has 0 bridgehead atoms. The zero-order valence-corrected chi connectivity index (χ0v) is 11.7. The first-order valence-electron chi connectivity index (χ1n) is 7.18. The first-order valence-corrected chi connectivity index (χ1v) is 7.18. The molecule has 0 unspecified atom stereocenters. The fourth-order valence-corrected chi connectivity index (χ4v) is 2.50. The second-order valence-corrected chi connectivity index (χ2v) is 5.30. The van der Waals surface area contributed by atoms with Gasteiger partial charge in [0.1, 0.15) is 0 Å². The molecule has 3 nitrogen and oxygen atoms in total. The van der Waals surface area contributed by atoms with E-state index in [0.29, 0.717) is 19.3 Å². The van der Waals surface area contributed by atoms with Crippen LogP contribution in [0.15, 0.2) is 24.3 Å². The summed E-state index contributed by atoms with van der Waals surface area (Å²) in [5, 5.41) is 2.81. The van der Waals surface area contributed by atoms with E-state index >= 15 is 0 Å². The van der Waals surface area contributed by atoms with Gasteiger partial charge in [0.05, 0.1) is 12.7 Å². The van der Waals surface area contributed by atoms with Crippen LogP contribution < -0.4 is 5.32 Å². The van der Waals surface area contributed by atoms with Crippen molar-refractivity contribution in [2.24, 2.45) is 0 Å². The molecule has 0 radical (unpaired) electrons. The van der Waals surface area contributed by atoms with Crippen LogP contribution in [-0.2, 0) is 22.7 Å². The van der Waals surface area contributed by atoms with Gasteiger partial charge in [0, 0.05) is 13.5 Å². The minimum Gasteiger partial charge on any atom is -0.374 e. The van der Waals surface area contributed by atoms with E-state index in [-0.39, 0.29) is 5.91 Å². The zero-order chi connectivity index (χ0) is 13.5. The molecule has 1 aromatic carbocycles. The van der Waals surface area contributed by atoms with Gasteiger partial charge in [0.15, 0.2) is 0 Å². The Morgan fingerprint density at radius 2 is 2.00 bits per heavy atom. The lowest BCUT2D eigenvalue weighted by Gasteiger charge is -2.22. The number of hydrogen-bond acceptors (Lipinski definition) is 2. The van der Waals surface area contributed by atoms with Gasteiger partial charge < -0.3 is 10.1 Å². The van der Waals surface area contributed by atoms with Crippen LogP contribution in [0.1, 0.15) is 50.2 Å². The summed E-state index contributed by atoms with van der Waals surface area (Å²) in [6, 6.07) is 8.25. The van der Waals surface area contributed by atoms with E-state index in [4.69, 9.17) is 4.74 Å². The van der Waals surface area contributed by atoms with Crippen molar-refractivity contribution in [1.29, 1.82) is 0 Å². The molecule has 0 heterocycles. The molecule has 19 heavy (non-hydrogen) atoms. The van der Waals surface area contributed by atoms with Gasteiger partial charge in [-0.05, 0) is 24.0 Å². The Hall–Kier alpha value is -1.35. The third-order valence-corrected chi connectivity index (χ3v) is 3.57. The standard InChI is InChI=1S/C16H23NO2/c1-13(18)17-11-14-6-5-7-15(10-14)12-19-16-8-3-2-4-9-16/h5-7,10,16H,2-4,8-9,11-12H2,1H3,(H,17,18). The van der Waals surface area contributed by atoms with E-state index in [0.717, 1.165) is 5.56 Å². The Kier molecular flexibility index (Phi) is 5.40. The molecule has 0 saturated heterocycles. The quantitative estimate of drug-likeness (QED) is 0.884. The average Bonchev–Trinajstić information content (AvgIpc) is 2.44. The van der Waals surface area contributed by atoms with Crippen LogP contribution >= 0.6 is 0 Å². The van der Waals surface area contributed by atoms with Crippen LogP contribution in [0.3, 0.4) is 0 Å². The van der Waals surface area contributed by atoms with Gasteiger partial charge in [0.2, 0.25) is 5.91 Å². The Labute approximate surface area is 115 Å². The summed E-state index contributed by atoms with van der Waals surface area (Å²) in [6.45, 7) is 2.81. The van der Waals surface area contributed by atoms with Gasteiger partial charge in [-0.15, -0.1) is 0 Å². The van der Waals surface area contributed by atoms with E-state index in [1.165, 1.54) is 44.6 Å². The summed E-state index contributed by atoms with van der Waals surface area (Å²) in [7, 11) is 0. The average molecular weight is 261 g/mol. The van der Waals surface area contributed by atoms with Crippen LogP contribution in [0.4, 0.5) is 0 Å². The summed E-state index contributed by atoms with van der Waals surface area (Å²) in [5.41, 5.74) is 2.31. The minimum atomic E-state index is 0.00357. The lowest BCUT2D eigenvalue weighted by atomic mass is 9.98. The van der Waals surface area contributed by atoms with E-state index in [1.54, 1.807) is 0 Å². The molecule has 0 aliphatic heterocycles. The van der Waals surface area contributed by atoms with Crippen molar-refractivity contribution in [2.45, 2.75) is 58.3 Å². The molecule has 1 aliphatic rings. The van der Waals surface area contributed by atoms with Crippen LogP contribution in [0, 0.1) is 0 Å². The van der Waals surface area contributed by atoms with Crippen molar-refractivity contribution >= 4 is 5.91 Å². The Morgan fingerprint density at radius 3 is 2.74 bits per heavy atom. The predicted molar refractivity (Wildman–Crippen MR) is 75.6 cm³/mol. The predicted octanol–water partition coefficient (Wildman–Crippen LogP) is 3.17. The highest BCUT2D eigenvalue weighted by Gasteiger charge is 2.13. The van der Waals surface area contributed by atoms with Gasteiger partial charge in [-0.1, -0.05) is 43.5 Å². The Bertz CT molecular complexity index is 411. The lowest BCUT2D eigenvalue weighted by molar-refractivity contribution is -0.119. The van der Waals surface area contributed by atoms with Gasteiger partial charge in [-0.3, -0.25) is 4.79 Å². The van der Waals surface area contributed by atoms with Gasteiger partial charge >= 0.3 is 0 Å². The molecule has 0 atom stereocenters. The molecule has 1 aliphatic carbocycles. The molecule has 1 fully saturated rings. The number of hydrogen-bond donors (Lipinski definition) is 1. The van der Waals surface area contributed by atoms with Crippen LogP contribution in [0.5, 0.6) is 0 Å². The van der Waals surface area contributed by atoms with Crippen LogP contribution in [0.2, 0.25) is 0 Å². The van der Waals surface area contributed by atoms with E-state index in [1.807, 2.05) is 12.1 Å². The van der Waals surface area contributed by atoms with Gasteiger partial charge in [-0.25, -0.2) is 0 Å². The molecular formula is C16H23NO2. The SMILES string of the molecule is CC(=O)NCc1cccc(COC2CCCCC2)c1. The summed E-state index contributed by atoms with van der Waals surface area (Å²) in [6.07, 6.45) is 6.79. The normalized spacial score (nSPS) is 16.3. The topological polar surface area (TPSA) is 38.3 Å². The monoisotopic (exact) mass is 261 g/mol. The smallest absolute Gasteiger partial charge is 0.217 e. The number of nitrogens with one attached hydrogen (secondary N) is 1. The third kappa shape index (κ3) is 5.03. The maximum atomic E-state index is 10.9. The zero-order valence-electron chi connectivity index (χ0n) is 11.7. The van der Waals surface area contributed by atoms with Crippen molar-refractivity contribution in [3.05, 3.63) is 35.4 Å². The number of amides is 1. The summed E-state index contributed by atoms with van der Waals surface area (Å²) < 4.78 is 5.96. The highest BCUT2D eigenvalue weighted by Crippen LogP contribution is 2.21. The first-order chi connectivity index (χ1) is 9.24. The van der Waals surface area contributed by atoms with E-state index < -0.39 is 0 Å². The molecule has 0 aromatic heterocycles. The van der Waals surface area contributed by atoms with E-state index in [9.17, 15) is 4.79 Å². The molecule has 1 amide bonds. The fourth-order valence-electron chi connectivity index (χ4n) is 2.50. The molecule has 2 rings (SSSR count). The van der Waals surface area contributed by atoms with Crippen molar-refractivity contribution in [3.63, 3.8) is 0 Å². The lowest BCUT2D eigenvalue weighted by Crippen LogP contribution is -2.19. The molecule has 0 spiro atoms. The maximum Gasteiger partial charge on any atom is 0.217 e. The number of rotatable bonds is 5. The summed E-state index contributed by atoms with van der Waals surface area (Å²) in [4.78, 5) is 10.9. The van der Waals surface area contributed by atoms with Crippen LogP contribution in [0.25, 0.3) is 0 Å². The molecule has 1 aromatic rings. The number of benzene rings is 1. The highest BCUT2D eigenvalue weighted by atomic mass is 16.5. The van der Waals surface area contributed by atoms with Crippen molar-refractivity contribution in [1.82, 2.24) is 5.32 Å². The first kappa shape index (κ1) is 14.1. The van der Waals surface area contributed by atoms with Gasteiger partial charge in [-0.2, -0.15) is 0 Å². The molecule has 1 saturated carbocycles. The second kappa shape index (κ2) is 7.29. The summed E-state index contributed by atoms with van der Waals surface area (Å²) >= 11 is 0. The molecule has 1 N–H and O–H groups in total. The van der Waals surface area contributed by atoms with E-state index in [2.05, 4.69) is 17.4 Å². The number of carbonyl (C=O) groups is 1. The van der Waals surface area contributed by atoms with Crippen LogP contribution in [-0.4, -0.2) is 12.0 Å². The Morgan fingerprint density at radius 1 is 1.26 bits per heavy atom. The molecule has 3 heteroatoms. The van der Waals surface area contributed by atoms with Crippen molar-refractivity contribution < 1.29 is 9.53 Å². The summed E-state index contributed by atoms with van der Waals surface area (Å²) in [5.74, 6) is 0.00357. The minimum absolute atomic E-state index is 0.00357. The van der Waals surface area contributed by atoms with Crippen molar-refractivity contribution in [2.75, 3.05) is 0 Å². The number of ether oxygens (including phenoxy) is 1. The third-order valence-electron chi connectivity index (χ3n) is 3.57. The largest absolute Gasteiger partial charge is 0.374 e. The number of carbonyl (C=O) groups excluding carboxylic acids is 1. The second-order valence-electron chi connectivity index (χ2n) is 5.30. The van der Waals surface area contributed by atoms with Gasteiger partial charge in [0.25, 0.3) is 0 Å². The highest BCUT2D eigenvalue weighted by molar-refractivity contribution is 5.72. The fraction of sp³-hybridized carbons (Fsp3) is 0.562. The molecular weight excluding hydrogens is 238 g/mol. The Balaban J connectivity index is 1.82. The maximum absolute atomic E-state index is 10.9.